The summed E-state index contributed by atoms with van der Waals surface area (Å²) in [6, 6.07) is 4.16. The topological polar surface area (TPSA) is 101 Å². The Morgan fingerprint density at radius 1 is 1.16 bits per heavy atom. The Labute approximate surface area is 176 Å². The first-order chi connectivity index (χ1) is 14.5. The van der Waals surface area contributed by atoms with Gasteiger partial charge in [0.2, 0.25) is 0 Å². The lowest BCUT2D eigenvalue weighted by atomic mass is 10.1. The fourth-order valence-electron chi connectivity index (χ4n) is 2.55. The third-order valence-electron chi connectivity index (χ3n) is 4.52. The van der Waals surface area contributed by atoms with Crippen LogP contribution in [0.15, 0.2) is 36.5 Å². The largest absolute Gasteiger partial charge is 0.503 e. The van der Waals surface area contributed by atoms with Crippen molar-refractivity contribution in [3.05, 3.63) is 53.3 Å². The molecule has 2 atom stereocenters. The van der Waals surface area contributed by atoms with Gasteiger partial charge in [-0.3, -0.25) is 4.79 Å². The summed E-state index contributed by atoms with van der Waals surface area (Å²) < 4.78 is 43.0. The number of methoxy groups -OCH3 is 1. The highest BCUT2D eigenvalue weighted by Crippen LogP contribution is 2.31. The van der Waals surface area contributed by atoms with Crippen molar-refractivity contribution >= 4 is 11.9 Å². The van der Waals surface area contributed by atoms with Crippen molar-refractivity contribution in [2.75, 3.05) is 14.2 Å². The number of nitrogens with zero attached hydrogens (tertiary/aromatic N) is 2. The van der Waals surface area contributed by atoms with Gasteiger partial charge < -0.3 is 20.0 Å². The van der Waals surface area contributed by atoms with E-state index in [9.17, 15) is 27.9 Å². The minimum Gasteiger partial charge on any atom is -0.503 e. The highest BCUT2D eigenvalue weighted by Gasteiger charge is 2.30. The lowest BCUT2D eigenvalue weighted by Crippen LogP contribution is -2.42. The molecule has 8 nitrogen and oxygen atoms in total. The summed E-state index contributed by atoms with van der Waals surface area (Å²) in [6.07, 6.45) is -3.18. The zero-order valence-corrected chi connectivity index (χ0v) is 17.2. The summed E-state index contributed by atoms with van der Waals surface area (Å²) in [5.74, 6) is -2.08. The predicted octanol–water partition coefficient (Wildman–Crippen LogP) is 3.08. The van der Waals surface area contributed by atoms with Crippen LogP contribution in [-0.2, 0) is 15.8 Å². The number of pyridine rings is 1. The number of carbonyl (C=O) groups excluding carboxylic acids is 2. The number of aromatic hydroxyl groups is 1. The molecule has 0 saturated heterocycles. The third-order valence-corrected chi connectivity index (χ3v) is 4.52. The molecule has 0 saturated carbocycles. The number of carbonyl (C=O) groups is 2. The number of benzene rings is 1. The average molecular weight is 441 g/mol. The second-order valence-corrected chi connectivity index (χ2v) is 6.66. The number of halogens is 3. The Hall–Kier alpha value is -3.34. The van der Waals surface area contributed by atoms with Crippen molar-refractivity contribution in [3.8, 4) is 11.5 Å². The van der Waals surface area contributed by atoms with Crippen LogP contribution in [0.25, 0.3) is 0 Å². The molecule has 168 valence electrons. The van der Waals surface area contributed by atoms with Gasteiger partial charge in [-0.15, -0.1) is 5.06 Å². The number of amides is 1. The summed E-state index contributed by atoms with van der Waals surface area (Å²) in [4.78, 5) is 33.6. The molecule has 1 heterocycles. The van der Waals surface area contributed by atoms with Crippen LogP contribution in [0.5, 0.6) is 11.5 Å². The van der Waals surface area contributed by atoms with E-state index in [1.54, 1.807) is 6.92 Å². The predicted molar refractivity (Wildman–Crippen MR) is 103 cm³/mol. The molecule has 11 heteroatoms. The first-order valence-electron chi connectivity index (χ1n) is 9.10. The SMILES string of the molecule is COc1ccnc(C(=O)N[C@@H](C)C(=O)ON(C)C(C)c2ccc(C(F)(F)F)cc2)c1O. The van der Waals surface area contributed by atoms with Gasteiger partial charge >= 0.3 is 12.1 Å². The van der Waals surface area contributed by atoms with Gasteiger partial charge in [0.1, 0.15) is 6.04 Å². The van der Waals surface area contributed by atoms with E-state index in [-0.39, 0.29) is 11.4 Å². The third kappa shape index (κ3) is 5.85. The zero-order chi connectivity index (χ0) is 23.3. The lowest BCUT2D eigenvalue weighted by molar-refractivity contribution is -0.195. The van der Waals surface area contributed by atoms with Crippen molar-refractivity contribution in [1.29, 1.82) is 0 Å². The van der Waals surface area contributed by atoms with Crippen LogP contribution < -0.4 is 10.1 Å². The molecular weight excluding hydrogens is 419 g/mol. The Morgan fingerprint density at radius 3 is 2.32 bits per heavy atom. The first-order valence-corrected chi connectivity index (χ1v) is 9.10. The number of nitrogens with one attached hydrogen (secondary N) is 1. The van der Waals surface area contributed by atoms with E-state index in [2.05, 4.69) is 10.3 Å². The van der Waals surface area contributed by atoms with Crippen molar-refractivity contribution < 1.29 is 37.4 Å². The van der Waals surface area contributed by atoms with Crippen LogP contribution >= 0.6 is 0 Å². The van der Waals surface area contributed by atoms with Crippen LogP contribution in [0.2, 0.25) is 0 Å². The number of hydrogen-bond donors (Lipinski definition) is 2. The average Bonchev–Trinajstić information content (AvgIpc) is 2.72. The molecule has 2 aromatic rings. The van der Waals surface area contributed by atoms with Crippen LogP contribution in [0.1, 0.15) is 41.5 Å². The molecule has 31 heavy (non-hydrogen) atoms. The van der Waals surface area contributed by atoms with E-state index in [0.29, 0.717) is 5.56 Å². The highest BCUT2D eigenvalue weighted by atomic mass is 19.4. The van der Waals surface area contributed by atoms with E-state index in [1.807, 2.05) is 0 Å². The van der Waals surface area contributed by atoms with E-state index < -0.39 is 41.4 Å². The maximum absolute atomic E-state index is 12.7. The number of ether oxygens (including phenoxy) is 1. The van der Waals surface area contributed by atoms with Gasteiger partial charge in [0.25, 0.3) is 5.91 Å². The lowest BCUT2D eigenvalue weighted by Gasteiger charge is -2.25. The molecule has 0 fully saturated rings. The Kier molecular flexibility index (Phi) is 7.45. The normalized spacial score (nSPS) is 13.4. The maximum atomic E-state index is 12.7. The summed E-state index contributed by atoms with van der Waals surface area (Å²) in [7, 11) is 2.74. The summed E-state index contributed by atoms with van der Waals surface area (Å²) in [6.45, 7) is 3.01. The molecule has 0 aliphatic heterocycles. The van der Waals surface area contributed by atoms with E-state index in [4.69, 9.17) is 9.57 Å². The molecule has 2 rings (SSSR count). The van der Waals surface area contributed by atoms with Gasteiger partial charge in [-0.05, 0) is 31.5 Å². The number of hydrogen-bond acceptors (Lipinski definition) is 7. The Balaban J connectivity index is 1.99. The van der Waals surface area contributed by atoms with Crippen molar-refractivity contribution in [3.63, 3.8) is 0 Å². The van der Waals surface area contributed by atoms with Crippen LogP contribution in [0.3, 0.4) is 0 Å². The zero-order valence-electron chi connectivity index (χ0n) is 17.2. The number of rotatable bonds is 7. The molecule has 0 aliphatic rings. The number of hydroxylamine groups is 2. The Morgan fingerprint density at radius 2 is 1.77 bits per heavy atom. The Bertz CT molecular complexity index is 935. The second kappa shape index (κ2) is 9.65. The molecular formula is C20H22F3N3O5. The van der Waals surface area contributed by atoms with Gasteiger partial charge in [-0.2, -0.15) is 13.2 Å². The summed E-state index contributed by atoms with van der Waals surface area (Å²) >= 11 is 0. The minimum atomic E-state index is -4.44. The number of alkyl halides is 3. The fourth-order valence-corrected chi connectivity index (χ4v) is 2.55. The number of aromatic nitrogens is 1. The minimum absolute atomic E-state index is 0.0421. The quantitative estimate of drug-likeness (QED) is 0.637. The van der Waals surface area contributed by atoms with E-state index >= 15 is 0 Å². The monoisotopic (exact) mass is 441 g/mol. The molecule has 1 amide bonds. The summed E-state index contributed by atoms with van der Waals surface area (Å²) in [5.41, 5.74) is -0.621. The van der Waals surface area contributed by atoms with Crippen LogP contribution in [-0.4, -0.2) is 47.2 Å². The molecule has 2 N–H and O–H groups in total. The van der Waals surface area contributed by atoms with Crippen molar-refractivity contribution in [2.24, 2.45) is 0 Å². The first kappa shape index (κ1) is 23.9. The molecule has 0 spiro atoms. The summed E-state index contributed by atoms with van der Waals surface area (Å²) in [5, 5.41) is 13.5. The van der Waals surface area contributed by atoms with E-state index in [1.165, 1.54) is 45.5 Å². The fraction of sp³-hybridized carbons (Fsp3) is 0.350. The van der Waals surface area contributed by atoms with Gasteiger partial charge in [-0.1, -0.05) is 12.1 Å². The molecule has 1 unspecified atom stereocenters. The van der Waals surface area contributed by atoms with Gasteiger partial charge in [0, 0.05) is 19.3 Å². The van der Waals surface area contributed by atoms with Crippen molar-refractivity contribution in [1.82, 2.24) is 15.4 Å². The maximum Gasteiger partial charge on any atom is 0.416 e. The standard InChI is InChI=1S/C20H22F3N3O5/c1-11(25-18(28)16-17(27)15(30-4)9-10-24-16)19(29)31-26(3)12(2)13-5-7-14(8-6-13)20(21,22)23/h5-12,27H,1-4H3,(H,25,28)/t11-,12?/m0/s1. The van der Waals surface area contributed by atoms with Gasteiger partial charge in [-0.25, -0.2) is 9.78 Å². The van der Waals surface area contributed by atoms with E-state index in [0.717, 1.165) is 17.2 Å². The smallest absolute Gasteiger partial charge is 0.416 e. The van der Waals surface area contributed by atoms with Crippen LogP contribution in [0, 0.1) is 0 Å². The molecule has 0 bridgehead atoms. The van der Waals surface area contributed by atoms with Crippen LogP contribution in [0.4, 0.5) is 13.2 Å². The van der Waals surface area contributed by atoms with Gasteiger partial charge in [0.15, 0.2) is 17.2 Å². The molecule has 0 radical (unpaired) electrons. The highest BCUT2D eigenvalue weighted by molar-refractivity contribution is 5.97. The second-order valence-electron chi connectivity index (χ2n) is 6.66. The molecule has 1 aromatic heterocycles. The van der Waals surface area contributed by atoms with Crippen molar-refractivity contribution in [2.45, 2.75) is 32.1 Å². The van der Waals surface area contributed by atoms with Gasteiger partial charge in [0.05, 0.1) is 18.7 Å². The molecule has 0 aliphatic carbocycles. The molecule has 1 aromatic carbocycles.